The Labute approximate surface area is 153 Å². The third-order valence-corrected chi connectivity index (χ3v) is 3.69. The van der Waals surface area contributed by atoms with Crippen molar-refractivity contribution in [3.8, 4) is 5.75 Å². The third-order valence-electron chi connectivity index (χ3n) is 3.44. The molecule has 1 aliphatic rings. The van der Waals surface area contributed by atoms with E-state index in [2.05, 4.69) is 0 Å². The summed E-state index contributed by atoms with van der Waals surface area (Å²) in [5, 5.41) is 9.64. The Morgan fingerprint density at radius 1 is 1.29 bits per heavy atom. The van der Waals surface area contributed by atoms with Crippen LogP contribution in [0.25, 0.3) is 0 Å². The summed E-state index contributed by atoms with van der Waals surface area (Å²) in [5.41, 5.74) is -0.861. The predicted octanol–water partition coefficient (Wildman–Crippen LogP) is 0.639. The average Bonchev–Trinajstić information content (AvgIpc) is 3.21. The number of epoxide rings is 1. The van der Waals surface area contributed by atoms with Gasteiger partial charge in [-0.1, -0.05) is 24.4 Å². The zero-order valence-corrected chi connectivity index (χ0v) is 15.1. The molecule has 2 rings (SSSR count). The summed E-state index contributed by atoms with van der Waals surface area (Å²) in [6.45, 7) is 1.03. The first-order chi connectivity index (χ1) is 9.62. The summed E-state index contributed by atoms with van der Waals surface area (Å²) >= 11 is 5.79. The molecule has 1 heterocycles. The molecule has 6 heteroatoms. The molecule has 0 amide bonds. The van der Waals surface area contributed by atoms with E-state index in [4.69, 9.17) is 26.2 Å². The van der Waals surface area contributed by atoms with Gasteiger partial charge in [-0.25, -0.2) is 4.79 Å². The van der Waals surface area contributed by atoms with E-state index < -0.39 is 11.6 Å². The molecule has 1 aromatic rings. The zero-order valence-electron chi connectivity index (χ0n) is 13.3. The average molecular weight is 323 g/mol. The monoisotopic (exact) mass is 322 g/mol. The van der Waals surface area contributed by atoms with E-state index in [0.717, 1.165) is 31.4 Å². The molecule has 1 fully saturated rings. The largest absolute Gasteiger partial charge is 1.00 e. The molecule has 0 aliphatic carbocycles. The Morgan fingerprint density at radius 3 is 2.48 bits per heavy atom. The second-order valence-corrected chi connectivity index (χ2v) is 5.49. The number of hydrogen-bond acceptors (Lipinski definition) is 3. The molecule has 0 radical (unpaired) electrons. The Bertz CT molecular complexity index is 451. The van der Waals surface area contributed by atoms with E-state index in [9.17, 15) is 4.79 Å². The van der Waals surface area contributed by atoms with Gasteiger partial charge in [0.25, 0.3) is 0 Å². The molecule has 112 valence electrons. The SMILES string of the molecule is O=C(O)[C@@]1(CCCCCCOc2ccc(Cl)cc2)CO1.[H-].[Na+]. The fourth-order valence-electron chi connectivity index (χ4n) is 2.05. The first-order valence-corrected chi connectivity index (χ1v) is 7.26. The molecular formula is C15H20ClNaO4. The van der Waals surface area contributed by atoms with E-state index >= 15 is 0 Å². The molecule has 1 N–H and O–H groups in total. The minimum atomic E-state index is -0.861. The number of hydrogen-bond donors (Lipinski definition) is 1. The number of benzene rings is 1. The number of carboxylic acids is 1. The normalized spacial score (nSPS) is 19.7. The first kappa shape index (κ1) is 18.8. The quantitative estimate of drug-likeness (QED) is 0.412. The summed E-state index contributed by atoms with van der Waals surface area (Å²) in [6, 6.07) is 7.31. The van der Waals surface area contributed by atoms with Crippen molar-refractivity contribution < 1.29 is 50.4 Å². The van der Waals surface area contributed by atoms with E-state index in [1.54, 1.807) is 12.1 Å². The van der Waals surface area contributed by atoms with Crippen molar-refractivity contribution in [1.82, 2.24) is 0 Å². The van der Waals surface area contributed by atoms with Crippen LogP contribution in [0.5, 0.6) is 5.75 Å². The maximum absolute atomic E-state index is 10.9. The van der Waals surface area contributed by atoms with Gasteiger partial charge in [0, 0.05) is 5.02 Å². The van der Waals surface area contributed by atoms with Gasteiger partial charge >= 0.3 is 35.5 Å². The minimum Gasteiger partial charge on any atom is -1.00 e. The van der Waals surface area contributed by atoms with Gasteiger partial charge in [0.15, 0.2) is 5.60 Å². The maximum atomic E-state index is 10.9. The molecule has 0 bridgehead atoms. The van der Waals surface area contributed by atoms with Gasteiger partial charge in [-0.15, -0.1) is 0 Å². The summed E-state index contributed by atoms with van der Waals surface area (Å²) in [5.74, 6) is -0.00539. The van der Waals surface area contributed by atoms with Crippen LogP contribution in [-0.4, -0.2) is 29.9 Å². The van der Waals surface area contributed by atoms with Crippen LogP contribution in [-0.2, 0) is 9.53 Å². The Morgan fingerprint density at radius 2 is 1.90 bits per heavy atom. The van der Waals surface area contributed by atoms with Crippen LogP contribution in [0.4, 0.5) is 0 Å². The second kappa shape index (κ2) is 9.01. The molecule has 21 heavy (non-hydrogen) atoms. The van der Waals surface area contributed by atoms with Gasteiger partial charge in [0.2, 0.25) is 0 Å². The van der Waals surface area contributed by atoms with Crippen molar-refractivity contribution in [2.45, 2.75) is 37.7 Å². The Hall–Kier alpha value is -0.260. The molecule has 1 atom stereocenters. The zero-order chi connectivity index (χ0) is 14.4. The van der Waals surface area contributed by atoms with Crippen molar-refractivity contribution in [2.75, 3.05) is 13.2 Å². The number of ether oxygens (including phenoxy) is 2. The molecule has 0 spiro atoms. The van der Waals surface area contributed by atoms with E-state index in [-0.39, 0.29) is 31.0 Å². The predicted molar refractivity (Wildman–Crippen MR) is 77.5 cm³/mol. The van der Waals surface area contributed by atoms with Gasteiger partial charge in [-0.2, -0.15) is 0 Å². The van der Waals surface area contributed by atoms with Crippen molar-refractivity contribution in [3.63, 3.8) is 0 Å². The van der Waals surface area contributed by atoms with Crippen LogP contribution >= 0.6 is 11.6 Å². The molecule has 1 saturated heterocycles. The molecule has 4 nitrogen and oxygen atoms in total. The van der Waals surface area contributed by atoms with Crippen LogP contribution in [0.3, 0.4) is 0 Å². The van der Waals surface area contributed by atoms with Gasteiger partial charge in [0.1, 0.15) is 5.75 Å². The van der Waals surface area contributed by atoms with Crippen LogP contribution < -0.4 is 34.3 Å². The summed E-state index contributed by atoms with van der Waals surface area (Å²) < 4.78 is 10.6. The second-order valence-electron chi connectivity index (χ2n) is 5.05. The van der Waals surface area contributed by atoms with Crippen molar-refractivity contribution in [1.29, 1.82) is 0 Å². The number of halogens is 1. The minimum absolute atomic E-state index is 0. The summed E-state index contributed by atoms with van der Waals surface area (Å²) in [4.78, 5) is 10.9. The van der Waals surface area contributed by atoms with Crippen molar-refractivity contribution in [3.05, 3.63) is 29.3 Å². The van der Waals surface area contributed by atoms with Gasteiger partial charge in [0.05, 0.1) is 13.2 Å². The van der Waals surface area contributed by atoms with Crippen molar-refractivity contribution >= 4 is 17.6 Å². The fourth-order valence-corrected chi connectivity index (χ4v) is 2.17. The molecular weight excluding hydrogens is 303 g/mol. The smallest absolute Gasteiger partial charge is 1.00 e. The van der Waals surface area contributed by atoms with Crippen LogP contribution in [0.15, 0.2) is 24.3 Å². The van der Waals surface area contributed by atoms with Gasteiger partial charge < -0.3 is 16.0 Å². The number of aliphatic carboxylic acids is 1. The number of unbranched alkanes of at least 4 members (excludes halogenated alkanes) is 3. The molecule has 1 aliphatic heterocycles. The fraction of sp³-hybridized carbons (Fsp3) is 0.533. The van der Waals surface area contributed by atoms with Gasteiger partial charge in [-0.3, -0.25) is 0 Å². The first-order valence-electron chi connectivity index (χ1n) is 6.88. The number of rotatable bonds is 9. The van der Waals surface area contributed by atoms with E-state index in [1.807, 2.05) is 12.1 Å². The van der Waals surface area contributed by atoms with Crippen molar-refractivity contribution in [2.24, 2.45) is 0 Å². The van der Waals surface area contributed by atoms with E-state index in [0.29, 0.717) is 24.7 Å². The number of carboxylic acid groups (broad SMARTS) is 1. The standard InChI is InChI=1S/C15H19ClO4.Na.H/c16-12-5-7-13(8-6-12)19-10-4-2-1-3-9-15(11-20-15)14(17)18;;/h5-8H,1-4,9-11H2,(H,17,18);;/q;+1;-1/t15-;;/m1../s1. The Kier molecular flexibility index (Phi) is 8.06. The molecule has 0 saturated carbocycles. The summed E-state index contributed by atoms with van der Waals surface area (Å²) in [6.07, 6.45) is 4.49. The molecule has 0 unspecified atom stereocenters. The van der Waals surface area contributed by atoms with Crippen LogP contribution in [0, 0.1) is 0 Å². The number of carbonyl (C=O) groups is 1. The van der Waals surface area contributed by atoms with Crippen LogP contribution in [0.2, 0.25) is 5.02 Å². The Balaban J connectivity index is 0.00000220. The molecule has 0 aromatic heterocycles. The molecule has 1 aromatic carbocycles. The maximum Gasteiger partial charge on any atom is 1.00 e. The summed E-state index contributed by atoms with van der Waals surface area (Å²) in [7, 11) is 0. The van der Waals surface area contributed by atoms with Crippen LogP contribution in [0.1, 0.15) is 33.5 Å². The van der Waals surface area contributed by atoms with Gasteiger partial charge in [-0.05, 0) is 43.5 Å². The van der Waals surface area contributed by atoms with E-state index in [1.165, 1.54) is 0 Å². The third kappa shape index (κ3) is 6.17. The topological polar surface area (TPSA) is 59.1 Å².